The van der Waals surface area contributed by atoms with Crippen LogP contribution in [0, 0.1) is 10.1 Å². The number of aromatic nitrogens is 2. The van der Waals surface area contributed by atoms with E-state index in [1.54, 1.807) is 12.1 Å². The van der Waals surface area contributed by atoms with Gasteiger partial charge < -0.3 is 4.98 Å². The number of hydrogen-bond acceptors (Lipinski definition) is 6. The van der Waals surface area contributed by atoms with E-state index in [0.717, 1.165) is 16.7 Å². The Labute approximate surface area is 176 Å². The van der Waals surface area contributed by atoms with Gasteiger partial charge in [0, 0.05) is 29.1 Å². The lowest BCUT2D eigenvalue weighted by molar-refractivity contribution is -0.384. The summed E-state index contributed by atoms with van der Waals surface area (Å²) in [5, 5.41) is 13.6. The molecule has 0 saturated carbocycles. The molecule has 0 radical (unpaired) electrons. The van der Waals surface area contributed by atoms with Crippen LogP contribution < -0.4 is 5.56 Å². The normalized spacial score (nSPS) is 12.4. The number of nitro groups is 1. The van der Waals surface area contributed by atoms with Crippen molar-refractivity contribution in [3.05, 3.63) is 91.8 Å². The average Bonchev–Trinajstić information content (AvgIpc) is 3.18. The Morgan fingerprint density at radius 1 is 1.20 bits per heavy atom. The monoisotopic (exact) mass is 420 g/mol. The summed E-state index contributed by atoms with van der Waals surface area (Å²) < 4.78 is 0. The first-order valence-corrected chi connectivity index (χ1v) is 10.3. The van der Waals surface area contributed by atoms with E-state index in [1.807, 2.05) is 60.6 Å². The second kappa shape index (κ2) is 8.17. The molecule has 8 heteroatoms. The van der Waals surface area contributed by atoms with E-state index in [4.69, 9.17) is 0 Å². The molecule has 0 saturated heterocycles. The molecule has 0 spiro atoms. The summed E-state index contributed by atoms with van der Waals surface area (Å²) >= 11 is 1.45. The van der Waals surface area contributed by atoms with Crippen molar-refractivity contribution in [3.8, 4) is 11.1 Å². The van der Waals surface area contributed by atoms with Gasteiger partial charge in [-0.25, -0.2) is 4.98 Å². The number of H-pyrrole nitrogens is 1. The number of nitrogens with one attached hydrogen (secondary N) is 1. The van der Waals surface area contributed by atoms with Crippen molar-refractivity contribution in [3.63, 3.8) is 0 Å². The molecule has 4 aromatic rings. The number of hydrogen-bond donors (Lipinski definition) is 1. The maximum Gasteiger partial charge on any atom is 0.269 e. The van der Waals surface area contributed by atoms with Crippen LogP contribution in [0.5, 0.6) is 0 Å². The fraction of sp³-hybridized carbons (Fsp3) is 0.182. The van der Waals surface area contributed by atoms with Crippen molar-refractivity contribution in [1.82, 2.24) is 14.9 Å². The molecule has 2 heterocycles. The molecule has 2 aromatic carbocycles. The van der Waals surface area contributed by atoms with E-state index in [-0.39, 0.29) is 17.3 Å². The molecular weight excluding hydrogens is 400 g/mol. The molecule has 2 aromatic heterocycles. The number of rotatable bonds is 6. The molecule has 1 atom stereocenters. The third-order valence-corrected chi connectivity index (χ3v) is 6.07. The van der Waals surface area contributed by atoms with Gasteiger partial charge in [-0.05, 0) is 25.1 Å². The van der Waals surface area contributed by atoms with E-state index in [2.05, 4.69) is 9.97 Å². The van der Waals surface area contributed by atoms with Crippen molar-refractivity contribution < 1.29 is 4.92 Å². The molecule has 7 nitrogen and oxygen atoms in total. The van der Waals surface area contributed by atoms with Crippen molar-refractivity contribution >= 4 is 27.2 Å². The van der Waals surface area contributed by atoms with Crippen LogP contribution >= 0.6 is 11.3 Å². The Morgan fingerprint density at radius 3 is 2.70 bits per heavy atom. The van der Waals surface area contributed by atoms with Crippen LogP contribution in [-0.2, 0) is 6.54 Å². The standard InChI is InChI=1S/C22H20N4O3S/c1-14(16-9-6-10-17(11-16)26(28)29)25(2)12-19-23-21(27)20-18(13-30-22(20)24-19)15-7-4-3-5-8-15/h3-11,13-14H,12H2,1-2H3,(H,23,24,27)/t14-/m0/s1. The number of benzene rings is 2. The Hall–Kier alpha value is -3.36. The smallest absolute Gasteiger partial charge is 0.269 e. The first-order valence-electron chi connectivity index (χ1n) is 9.44. The van der Waals surface area contributed by atoms with Gasteiger partial charge in [0.15, 0.2) is 0 Å². The minimum atomic E-state index is -0.399. The summed E-state index contributed by atoms with van der Waals surface area (Å²) in [7, 11) is 1.90. The lowest BCUT2D eigenvalue weighted by Crippen LogP contribution is -2.25. The highest BCUT2D eigenvalue weighted by atomic mass is 32.1. The predicted molar refractivity (Wildman–Crippen MR) is 119 cm³/mol. The molecule has 152 valence electrons. The van der Waals surface area contributed by atoms with Crippen LogP contribution in [0.3, 0.4) is 0 Å². The number of fused-ring (bicyclic) bond motifs is 1. The minimum Gasteiger partial charge on any atom is -0.309 e. The van der Waals surface area contributed by atoms with Crippen LogP contribution in [0.25, 0.3) is 21.3 Å². The third-order valence-electron chi connectivity index (χ3n) is 5.20. The first-order chi connectivity index (χ1) is 14.4. The van der Waals surface area contributed by atoms with Crippen LogP contribution in [0.15, 0.2) is 64.8 Å². The van der Waals surface area contributed by atoms with Gasteiger partial charge in [0.1, 0.15) is 10.7 Å². The van der Waals surface area contributed by atoms with Gasteiger partial charge in [-0.2, -0.15) is 0 Å². The van der Waals surface area contributed by atoms with Crippen LogP contribution in [-0.4, -0.2) is 26.8 Å². The molecule has 30 heavy (non-hydrogen) atoms. The zero-order valence-corrected chi connectivity index (χ0v) is 17.3. The predicted octanol–water partition coefficient (Wildman–Crippen LogP) is 4.75. The number of nitro benzene ring substituents is 1. The van der Waals surface area contributed by atoms with Crippen LogP contribution in [0.2, 0.25) is 0 Å². The summed E-state index contributed by atoms with van der Waals surface area (Å²) in [5.74, 6) is 0.564. The highest BCUT2D eigenvalue weighted by molar-refractivity contribution is 7.17. The Kier molecular flexibility index (Phi) is 5.43. The summed E-state index contributed by atoms with van der Waals surface area (Å²) in [4.78, 5) is 33.7. The van der Waals surface area contributed by atoms with E-state index >= 15 is 0 Å². The Bertz CT molecular complexity index is 1270. The lowest BCUT2D eigenvalue weighted by Gasteiger charge is -2.24. The first kappa shape index (κ1) is 19.9. The molecule has 0 fully saturated rings. The molecule has 0 aliphatic heterocycles. The number of aromatic amines is 1. The van der Waals surface area contributed by atoms with Crippen molar-refractivity contribution in [2.75, 3.05) is 7.05 Å². The topological polar surface area (TPSA) is 92.1 Å². The summed E-state index contributed by atoms with van der Waals surface area (Å²) in [5.41, 5.74) is 2.60. The van der Waals surface area contributed by atoms with Gasteiger partial charge in [-0.15, -0.1) is 11.3 Å². The zero-order valence-electron chi connectivity index (χ0n) is 16.5. The van der Waals surface area contributed by atoms with Gasteiger partial charge in [-0.1, -0.05) is 42.5 Å². The van der Waals surface area contributed by atoms with Gasteiger partial charge in [-0.3, -0.25) is 19.8 Å². The van der Waals surface area contributed by atoms with Crippen LogP contribution in [0.1, 0.15) is 24.4 Å². The summed E-state index contributed by atoms with van der Waals surface area (Å²) in [6.45, 7) is 2.38. The van der Waals surface area contributed by atoms with E-state index in [1.165, 1.54) is 17.4 Å². The van der Waals surface area contributed by atoms with E-state index in [9.17, 15) is 14.9 Å². The van der Waals surface area contributed by atoms with E-state index < -0.39 is 4.92 Å². The fourth-order valence-corrected chi connectivity index (χ4v) is 4.39. The molecule has 0 amide bonds. The fourth-order valence-electron chi connectivity index (χ4n) is 3.42. The summed E-state index contributed by atoms with van der Waals surface area (Å²) in [6.07, 6.45) is 0. The SMILES string of the molecule is C[C@@H](c1cccc([N+](=O)[O-])c1)N(C)Cc1nc2scc(-c3ccccc3)c2c(=O)[nH]1. The molecular formula is C22H20N4O3S. The molecule has 0 bridgehead atoms. The van der Waals surface area contributed by atoms with Gasteiger partial charge in [0.25, 0.3) is 11.2 Å². The van der Waals surface area contributed by atoms with Gasteiger partial charge >= 0.3 is 0 Å². The molecule has 0 unspecified atom stereocenters. The second-order valence-electron chi connectivity index (χ2n) is 7.15. The molecule has 0 aliphatic carbocycles. The quantitative estimate of drug-likeness (QED) is 0.359. The van der Waals surface area contributed by atoms with Crippen LogP contribution in [0.4, 0.5) is 5.69 Å². The minimum absolute atomic E-state index is 0.0627. The second-order valence-corrected chi connectivity index (χ2v) is 8.01. The molecule has 0 aliphatic rings. The van der Waals surface area contributed by atoms with Gasteiger partial charge in [0.05, 0.1) is 16.9 Å². The highest BCUT2D eigenvalue weighted by Crippen LogP contribution is 2.31. The highest BCUT2D eigenvalue weighted by Gasteiger charge is 2.18. The number of thiophene rings is 1. The molecule has 1 N–H and O–H groups in total. The van der Waals surface area contributed by atoms with E-state index in [0.29, 0.717) is 22.6 Å². The Balaban J connectivity index is 1.60. The Morgan fingerprint density at radius 2 is 1.97 bits per heavy atom. The maximum atomic E-state index is 12.8. The maximum absolute atomic E-state index is 12.8. The average molecular weight is 420 g/mol. The largest absolute Gasteiger partial charge is 0.309 e. The summed E-state index contributed by atoms with van der Waals surface area (Å²) in [6, 6.07) is 16.3. The van der Waals surface area contributed by atoms with Crippen molar-refractivity contribution in [2.24, 2.45) is 0 Å². The molecule has 4 rings (SSSR count). The lowest BCUT2D eigenvalue weighted by atomic mass is 10.1. The number of nitrogens with zero attached hydrogens (tertiary/aromatic N) is 3. The number of non-ortho nitro benzene ring substituents is 1. The van der Waals surface area contributed by atoms with Crippen molar-refractivity contribution in [2.45, 2.75) is 19.5 Å². The van der Waals surface area contributed by atoms with Gasteiger partial charge in [0.2, 0.25) is 0 Å². The zero-order chi connectivity index (χ0) is 21.3. The third kappa shape index (κ3) is 3.87. The van der Waals surface area contributed by atoms with Crippen molar-refractivity contribution in [1.29, 1.82) is 0 Å².